The third kappa shape index (κ3) is 5.15. The van der Waals surface area contributed by atoms with Crippen molar-refractivity contribution in [1.29, 1.82) is 0 Å². The van der Waals surface area contributed by atoms with Crippen LogP contribution in [0.5, 0.6) is 0 Å². The summed E-state index contributed by atoms with van der Waals surface area (Å²) in [5.41, 5.74) is -0.539. The number of carbonyl (C=O) groups excluding carboxylic acids is 3. The van der Waals surface area contributed by atoms with Gasteiger partial charge >= 0.3 is 11.9 Å². The summed E-state index contributed by atoms with van der Waals surface area (Å²) in [4.78, 5) is 38.1. The van der Waals surface area contributed by atoms with Gasteiger partial charge in [-0.05, 0) is 70.6 Å². The van der Waals surface area contributed by atoms with E-state index < -0.39 is 11.7 Å². The van der Waals surface area contributed by atoms with Crippen LogP contribution in [0.4, 0.5) is 0 Å². The molecular weight excluding hydrogens is 396 g/mol. The summed E-state index contributed by atoms with van der Waals surface area (Å²) in [6.07, 6.45) is 4.52. The maximum atomic E-state index is 13.0. The lowest BCUT2D eigenvalue weighted by Gasteiger charge is -2.49. The Balaban J connectivity index is 1.77. The van der Waals surface area contributed by atoms with Crippen LogP contribution in [-0.4, -0.2) is 35.2 Å². The smallest absolute Gasteiger partial charge is 0.311 e. The predicted octanol–water partition coefficient (Wildman–Crippen LogP) is 4.27. The summed E-state index contributed by atoms with van der Waals surface area (Å²) >= 11 is 0. The van der Waals surface area contributed by atoms with E-state index in [2.05, 4.69) is 6.92 Å². The van der Waals surface area contributed by atoms with E-state index >= 15 is 0 Å². The maximum absolute atomic E-state index is 13.0. The van der Waals surface area contributed by atoms with Gasteiger partial charge in [-0.25, -0.2) is 0 Å². The van der Waals surface area contributed by atoms with Crippen molar-refractivity contribution in [3.8, 4) is 0 Å². The van der Waals surface area contributed by atoms with Crippen LogP contribution in [-0.2, 0) is 23.9 Å². The summed E-state index contributed by atoms with van der Waals surface area (Å²) in [6.45, 7) is 9.99. The SMILES string of the molecule is CCC(C)(C)C(=O)O[C@H]1C[C@@H](C)C(=O)[C@@H]2CC[C@H](C)[C@H](CCC3CC[C@H](O)OC3=O)[C@@H]12. The van der Waals surface area contributed by atoms with Crippen LogP contribution in [0, 0.1) is 40.9 Å². The van der Waals surface area contributed by atoms with E-state index in [0.717, 1.165) is 19.3 Å². The fourth-order valence-electron chi connectivity index (χ4n) is 5.83. The van der Waals surface area contributed by atoms with Gasteiger partial charge in [-0.15, -0.1) is 0 Å². The summed E-state index contributed by atoms with van der Waals surface area (Å²) in [7, 11) is 0. The molecule has 0 amide bonds. The fraction of sp³-hybridized carbons (Fsp3) is 0.880. The third-order valence-corrected chi connectivity index (χ3v) is 8.38. The molecule has 8 atom stereocenters. The highest BCUT2D eigenvalue weighted by atomic mass is 16.6. The molecule has 1 aliphatic heterocycles. The molecule has 2 aliphatic carbocycles. The molecule has 3 fully saturated rings. The highest BCUT2D eigenvalue weighted by molar-refractivity contribution is 5.85. The molecule has 0 spiro atoms. The van der Waals surface area contributed by atoms with Gasteiger partial charge in [-0.2, -0.15) is 0 Å². The molecule has 2 saturated carbocycles. The first kappa shape index (κ1) is 24.2. The van der Waals surface area contributed by atoms with Gasteiger partial charge in [0.15, 0.2) is 0 Å². The number of carbonyl (C=O) groups is 3. The number of Topliss-reactive ketones (excluding diaryl/α,β-unsaturated/α-hetero) is 1. The number of aliphatic hydroxyl groups is 1. The lowest BCUT2D eigenvalue weighted by molar-refractivity contribution is -0.184. The minimum absolute atomic E-state index is 0.0225. The van der Waals surface area contributed by atoms with Gasteiger partial charge in [0.05, 0.1) is 11.3 Å². The zero-order chi connectivity index (χ0) is 22.9. The number of hydrogen-bond acceptors (Lipinski definition) is 6. The van der Waals surface area contributed by atoms with Crippen LogP contribution in [0.2, 0.25) is 0 Å². The van der Waals surface area contributed by atoms with Gasteiger partial charge in [0, 0.05) is 24.2 Å². The molecule has 3 aliphatic rings. The Bertz CT molecular complexity index is 685. The minimum Gasteiger partial charge on any atom is -0.462 e. The summed E-state index contributed by atoms with van der Waals surface area (Å²) < 4.78 is 11.1. The standard InChI is InChI=1S/C25H40O6/c1-6-25(4,5)24(29)30-19-13-15(3)22(27)18-10-7-14(2)17(21(18)19)11-8-16-9-12-20(26)31-23(16)28/h14-21,26H,6-13H2,1-5H3/t14-,15+,16?,17-,18+,19-,20+,21+/m0/s1. The van der Waals surface area contributed by atoms with Crippen molar-refractivity contribution in [2.75, 3.05) is 0 Å². The predicted molar refractivity (Wildman–Crippen MR) is 116 cm³/mol. The molecule has 3 rings (SSSR count). The molecule has 0 radical (unpaired) electrons. The van der Waals surface area contributed by atoms with Crippen LogP contribution in [0.1, 0.15) is 86.0 Å². The van der Waals surface area contributed by atoms with E-state index in [0.29, 0.717) is 43.8 Å². The first-order valence-corrected chi connectivity index (χ1v) is 12.2. The highest BCUT2D eigenvalue weighted by Gasteiger charge is 2.51. The second kappa shape index (κ2) is 9.60. The van der Waals surface area contributed by atoms with Crippen LogP contribution in [0.3, 0.4) is 0 Å². The number of esters is 2. The van der Waals surface area contributed by atoms with E-state index in [1.54, 1.807) is 0 Å². The molecule has 6 nitrogen and oxygen atoms in total. The van der Waals surface area contributed by atoms with Crippen molar-refractivity contribution in [1.82, 2.24) is 0 Å². The number of hydrogen-bond donors (Lipinski definition) is 1. The molecule has 1 heterocycles. The summed E-state index contributed by atoms with van der Waals surface area (Å²) in [5.74, 6) is 0.125. The van der Waals surface area contributed by atoms with E-state index in [1.807, 2.05) is 27.7 Å². The van der Waals surface area contributed by atoms with Gasteiger partial charge in [-0.3, -0.25) is 14.4 Å². The van der Waals surface area contributed by atoms with Crippen LogP contribution in [0.25, 0.3) is 0 Å². The number of rotatable bonds is 6. The number of cyclic esters (lactones) is 1. The van der Waals surface area contributed by atoms with Crippen LogP contribution < -0.4 is 0 Å². The lowest BCUT2D eigenvalue weighted by Crippen LogP contribution is -2.52. The molecule has 0 aromatic carbocycles. The van der Waals surface area contributed by atoms with E-state index in [9.17, 15) is 19.5 Å². The molecule has 6 heteroatoms. The monoisotopic (exact) mass is 436 g/mol. The van der Waals surface area contributed by atoms with E-state index in [1.165, 1.54) is 0 Å². The molecule has 1 saturated heterocycles. The molecule has 0 aromatic rings. The van der Waals surface area contributed by atoms with Crippen LogP contribution >= 0.6 is 0 Å². The number of ketones is 1. The molecule has 0 bridgehead atoms. The van der Waals surface area contributed by atoms with Gasteiger partial charge < -0.3 is 14.6 Å². The second-order valence-electron chi connectivity index (χ2n) is 10.9. The normalized spacial score (nSPS) is 38.9. The zero-order valence-electron chi connectivity index (χ0n) is 19.8. The molecular formula is C25H40O6. The zero-order valence-corrected chi connectivity index (χ0v) is 19.8. The van der Waals surface area contributed by atoms with E-state index in [4.69, 9.17) is 9.47 Å². The average molecular weight is 437 g/mol. The molecule has 0 aromatic heterocycles. The van der Waals surface area contributed by atoms with Crippen molar-refractivity contribution in [2.24, 2.45) is 40.9 Å². The first-order valence-electron chi connectivity index (χ1n) is 12.2. The van der Waals surface area contributed by atoms with Crippen molar-refractivity contribution in [3.63, 3.8) is 0 Å². The number of fused-ring (bicyclic) bond motifs is 1. The van der Waals surface area contributed by atoms with Crippen molar-refractivity contribution in [2.45, 2.75) is 98.4 Å². The quantitative estimate of drug-likeness (QED) is 0.625. The number of ether oxygens (including phenoxy) is 2. The van der Waals surface area contributed by atoms with Gasteiger partial charge in [0.1, 0.15) is 11.9 Å². The Morgan fingerprint density at radius 1 is 1.13 bits per heavy atom. The highest BCUT2D eigenvalue weighted by Crippen LogP contribution is 2.50. The Labute approximate surface area is 186 Å². The van der Waals surface area contributed by atoms with Crippen molar-refractivity contribution >= 4 is 17.7 Å². The molecule has 1 N–H and O–H groups in total. The Morgan fingerprint density at radius 3 is 2.48 bits per heavy atom. The second-order valence-corrected chi connectivity index (χ2v) is 10.9. The Kier molecular flexibility index (Phi) is 7.50. The molecule has 176 valence electrons. The minimum atomic E-state index is -0.982. The molecule has 31 heavy (non-hydrogen) atoms. The fourth-order valence-corrected chi connectivity index (χ4v) is 5.83. The number of aliphatic hydroxyl groups excluding tert-OH is 1. The topological polar surface area (TPSA) is 89.9 Å². The lowest BCUT2D eigenvalue weighted by atomic mass is 9.57. The maximum Gasteiger partial charge on any atom is 0.311 e. The van der Waals surface area contributed by atoms with Crippen molar-refractivity contribution < 1.29 is 29.0 Å². The van der Waals surface area contributed by atoms with Gasteiger partial charge in [-0.1, -0.05) is 20.8 Å². The Morgan fingerprint density at radius 2 is 1.84 bits per heavy atom. The van der Waals surface area contributed by atoms with Gasteiger partial charge in [0.25, 0.3) is 0 Å². The first-order chi connectivity index (χ1) is 14.5. The third-order valence-electron chi connectivity index (χ3n) is 8.38. The van der Waals surface area contributed by atoms with Gasteiger partial charge in [0.2, 0.25) is 6.29 Å². The summed E-state index contributed by atoms with van der Waals surface area (Å²) in [5, 5.41) is 9.54. The van der Waals surface area contributed by atoms with E-state index in [-0.39, 0.29) is 47.6 Å². The molecule has 1 unspecified atom stereocenters. The van der Waals surface area contributed by atoms with Crippen LogP contribution in [0.15, 0.2) is 0 Å². The largest absolute Gasteiger partial charge is 0.462 e. The summed E-state index contributed by atoms with van der Waals surface area (Å²) in [6, 6.07) is 0. The van der Waals surface area contributed by atoms with Crippen molar-refractivity contribution in [3.05, 3.63) is 0 Å². The average Bonchev–Trinajstić information content (AvgIpc) is 2.71. The Hall–Kier alpha value is -1.43.